The van der Waals surface area contributed by atoms with Gasteiger partial charge in [-0.15, -0.1) is 11.8 Å². The fourth-order valence-electron chi connectivity index (χ4n) is 2.59. The third-order valence-corrected chi connectivity index (χ3v) is 4.92. The van der Waals surface area contributed by atoms with Gasteiger partial charge in [0.15, 0.2) is 6.10 Å². The van der Waals surface area contributed by atoms with E-state index in [1.54, 1.807) is 22.6 Å². The summed E-state index contributed by atoms with van der Waals surface area (Å²) in [6.45, 7) is 4.60. The van der Waals surface area contributed by atoms with Crippen molar-refractivity contribution in [1.29, 1.82) is 0 Å². The number of rotatable bonds is 4. The molecule has 3 rings (SSSR count). The summed E-state index contributed by atoms with van der Waals surface area (Å²) < 4.78 is 7.69. The number of fused-ring (bicyclic) bond motifs is 1. The smallest absolute Gasteiger partial charge is 0.265 e. The molecule has 0 unspecified atom stereocenters. The first-order chi connectivity index (χ1) is 11.0. The average molecular weight is 331 g/mol. The third kappa shape index (κ3) is 3.52. The molecule has 1 atom stereocenters. The second-order valence-electron chi connectivity index (χ2n) is 5.95. The number of aromatic nitrogens is 2. The van der Waals surface area contributed by atoms with Crippen LogP contribution in [0, 0.1) is 0 Å². The Morgan fingerprint density at radius 3 is 2.96 bits per heavy atom. The number of ether oxygens (including phenoxy) is 1. The molecule has 0 fully saturated rings. The van der Waals surface area contributed by atoms with Crippen LogP contribution >= 0.6 is 11.8 Å². The molecule has 2 heterocycles. The van der Waals surface area contributed by atoms with E-state index in [-0.39, 0.29) is 11.9 Å². The first kappa shape index (κ1) is 15.9. The van der Waals surface area contributed by atoms with E-state index < -0.39 is 6.10 Å². The summed E-state index contributed by atoms with van der Waals surface area (Å²) in [7, 11) is 1.88. The van der Waals surface area contributed by atoms with E-state index in [2.05, 4.69) is 5.10 Å². The first-order valence-corrected chi connectivity index (χ1v) is 8.69. The molecule has 0 saturated heterocycles. The van der Waals surface area contributed by atoms with Gasteiger partial charge < -0.3 is 9.64 Å². The number of benzene rings is 1. The highest BCUT2D eigenvalue weighted by atomic mass is 32.2. The van der Waals surface area contributed by atoms with Gasteiger partial charge in [0.2, 0.25) is 0 Å². The van der Waals surface area contributed by atoms with Crippen LogP contribution < -0.4 is 4.74 Å². The molecular weight excluding hydrogens is 310 g/mol. The summed E-state index contributed by atoms with van der Waals surface area (Å²) in [5, 5.41) is 4.17. The number of hydrogen-bond donors (Lipinski definition) is 0. The van der Waals surface area contributed by atoms with E-state index in [9.17, 15) is 4.79 Å². The van der Waals surface area contributed by atoms with Gasteiger partial charge in [-0.2, -0.15) is 5.10 Å². The van der Waals surface area contributed by atoms with Crippen LogP contribution in [0.5, 0.6) is 5.75 Å². The van der Waals surface area contributed by atoms with Gasteiger partial charge >= 0.3 is 0 Å². The highest BCUT2D eigenvalue weighted by molar-refractivity contribution is 7.99. The molecular formula is C17H21N3O2S. The Labute approximate surface area is 140 Å². The fraction of sp³-hybridized carbons (Fsp3) is 0.412. The molecule has 0 spiro atoms. The summed E-state index contributed by atoms with van der Waals surface area (Å²) in [6, 6.07) is 7.97. The lowest BCUT2D eigenvalue weighted by atomic mass is 10.2. The van der Waals surface area contributed by atoms with Crippen molar-refractivity contribution in [2.24, 2.45) is 7.05 Å². The van der Waals surface area contributed by atoms with E-state index >= 15 is 0 Å². The van der Waals surface area contributed by atoms with Gasteiger partial charge in [-0.25, -0.2) is 0 Å². The van der Waals surface area contributed by atoms with Gasteiger partial charge in [-0.3, -0.25) is 9.48 Å². The van der Waals surface area contributed by atoms with Crippen molar-refractivity contribution in [2.75, 3.05) is 5.75 Å². The SMILES string of the molecule is CC(C)N(Cc1cnn(C)c1)C(=O)[C@@H]1CSc2ccccc2O1. The van der Waals surface area contributed by atoms with Crippen LogP contribution in [-0.2, 0) is 18.4 Å². The Morgan fingerprint density at radius 2 is 2.26 bits per heavy atom. The fourth-order valence-corrected chi connectivity index (χ4v) is 3.57. The number of thioether (sulfide) groups is 1. The van der Waals surface area contributed by atoms with E-state index in [1.165, 1.54) is 0 Å². The van der Waals surface area contributed by atoms with Crippen molar-refractivity contribution < 1.29 is 9.53 Å². The lowest BCUT2D eigenvalue weighted by Gasteiger charge is -2.32. The van der Waals surface area contributed by atoms with E-state index in [0.29, 0.717) is 12.3 Å². The van der Waals surface area contributed by atoms with E-state index in [4.69, 9.17) is 4.74 Å². The lowest BCUT2D eigenvalue weighted by Crippen LogP contribution is -2.46. The Kier molecular flexibility index (Phi) is 4.61. The van der Waals surface area contributed by atoms with Crippen molar-refractivity contribution in [3.8, 4) is 5.75 Å². The predicted octanol–water partition coefficient (Wildman–Crippen LogP) is 2.71. The summed E-state index contributed by atoms with van der Waals surface area (Å²) in [5.41, 5.74) is 1.03. The summed E-state index contributed by atoms with van der Waals surface area (Å²) in [5.74, 6) is 1.48. The number of amides is 1. The Balaban J connectivity index is 1.74. The molecule has 1 aliphatic rings. The minimum Gasteiger partial charge on any atom is -0.479 e. The zero-order valence-corrected chi connectivity index (χ0v) is 14.4. The van der Waals surface area contributed by atoms with Crippen molar-refractivity contribution in [3.63, 3.8) is 0 Å². The third-order valence-electron chi connectivity index (χ3n) is 3.80. The molecule has 2 aromatic rings. The molecule has 0 radical (unpaired) electrons. The van der Waals surface area contributed by atoms with Crippen LogP contribution in [0.1, 0.15) is 19.4 Å². The molecule has 0 N–H and O–H groups in total. The molecule has 0 saturated carbocycles. The molecule has 1 aromatic heterocycles. The second-order valence-corrected chi connectivity index (χ2v) is 7.01. The second kappa shape index (κ2) is 6.66. The van der Waals surface area contributed by atoms with Crippen LogP contribution in [0.25, 0.3) is 0 Å². The van der Waals surface area contributed by atoms with Crippen LogP contribution in [0.15, 0.2) is 41.6 Å². The maximum absolute atomic E-state index is 12.9. The van der Waals surface area contributed by atoms with Crippen molar-refractivity contribution in [1.82, 2.24) is 14.7 Å². The van der Waals surface area contributed by atoms with Gasteiger partial charge in [-0.1, -0.05) is 12.1 Å². The minimum absolute atomic E-state index is 0.0332. The highest BCUT2D eigenvalue weighted by Crippen LogP contribution is 2.35. The highest BCUT2D eigenvalue weighted by Gasteiger charge is 2.31. The minimum atomic E-state index is -0.436. The topological polar surface area (TPSA) is 47.4 Å². The monoisotopic (exact) mass is 331 g/mol. The molecule has 1 aromatic carbocycles. The maximum Gasteiger partial charge on any atom is 0.265 e. The Morgan fingerprint density at radius 1 is 1.48 bits per heavy atom. The van der Waals surface area contributed by atoms with Gasteiger partial charge in [0.25, 0.3) is 5.91 Å². The molecule has 0 aliphatic carbocycles. The lowest BCUT2D eigenvalue weighted by molar-refractivity contribution is -0.140. The van der Waals surface area contributed by atoms with Gasteiger partial charge in [0, 0.05) is 42.0 Å². The number of carbonyl (C=O) groups excluding carboxylic acids is 1. The largest absolute Gasteiger partial charge is 0.479 e. The standard InChI is InChI=1S/C17H21N3O2S/c1-12(2)20(10-13-8-18-19(3)9-13)17(21)15-11-23-16-7-5-4-6-14(16)22-15/h4-9,12,15H,10-11H2,1-3H3/t15-/m0/s1. The normalized spacial score (nSPS) is 16.8. The molecule has 5 nitrogen and oxygen atoms in total. The van der Waals surface area contributed by atoms with Crippen LogP contribution in [0.2, 0.25) is 0 Å². The Hall–Kier alpha value is -1.95. The van der Waals surface area contributed by atoms with Crippen molar-refractivity contribution in [3.05, 3.63) is 42.2 Å². The van der Waals surface area contributed by atoms with Crippen molar-refractivity contribution in [2.45, 2.75) is 37.4 Å². The number of aryl methyl sites for hydroxylation is 1. The number of para-hydroxylation sites is 1. The van der Waals surface area contributed by atoms with E-state index in [0.717, 1.165) is 16.2 Å². The van der Waals surface area contributed by atoms with Gasteiger partial charge in [0.1, 0.15) is 5.75 Å². The number of nitrogens with zero attached hydrogens (tertiary/aromatic N) is 3. The number of carbonyl (C=O) groups is 1. The van der Waals surface area contributed by atoms with Crippen molar-refractivity contribution >= 4 is 17.7 Å². The van der Waals surface area contributed by atoms with Crippen LogP contribution in [0.3, 0.4) is 0 Å². The molecule has 23 heavy (non-hydrogen) atoms. The summed E-state index contributed by atoms with van der Waals surface area (Å²) in [6.07, 6.45) is 3.30. The molecule has 0 bridgehead atoms. The van der Waals surface area contributed by atoms with Crippen LogP contribution in [0.4, 0.5) is 0 Å². The maximum atomic E-state index is 12.9. The van der Waals surface area contributed by atoms with Gasteiger partial charge in [-0.05, 0) is 26.0 Å². The Bertz CT molecular complexity index is 699. The average Bonchev–Trinajstić information content (AvgIpc) is 2.96. The predicted molar refractivity (Wildman–Crippen MR) is 90.5 cm³/mol. The summed E-state index contributed by atoms with van der Waals surface area (Å²) in [4.78, 5) is 15.9. The van der Waals surface area contributed by atoms with E-state index in [1.807, 2.05) is 56.3 Å². The van der Waals surface area contributed by atoms with Crippen LogP contribution in [-0.4, -0.2) is 38.5 Å². The zero-order valence-electron chi connectivity index (χ0n) is 13.6. The molecule has 1 aliphatic heterocycles. The zero-order chi connectivity index (χ0) is 16.4. The summed E-state index contributed by atoms with van der Waals surface area (Å²) >= 11 is 1.68. The molecule has 122 valence electrons. The van der Waals surface area contributed by atoms with Gasteiger partial charge in [0.05, 0.1) is 6.20 Å². The first-order valence-electron chi connectivity index (χ1n) is 7.71. The quantitative estimate of drug-likeness (QED) is 0.864. The number of hydrogen-bond acceptors (Lipinski definition) is 4. The molecule has 1 amide bonds. The molecule has 6 heteroatoms.